The number of rotatable bonds is 2. The fourth-order valence-electron chi connectivity index (χ4n) is 0.844. The van der Waals surface area contributed by atoms with Gasteiger partial charge in [0.1, 0.15) is 12.5 Å². The predicted octanol–water partition coefficient (Wildman–Crippen LogP) is 1.36. The van der Waals surface area contributed by atoms with Crippen LogP contribution in [0, 0.1) is 5.92 Å². The summed E-state index contributed by atoms with van der Waals surface area (Å²) in [4.78, 5) is 0. The zero-order valence-corrected chi connectivity index (χ0v) is 7.02. The molecule has 0 aromatic rings. The molecule has 0 bridgehead atoms. The first-order valence-corrected chi connectivity index (χ1v) is 3.76. The molecule has 3 nitrogen and oxygen atoms in total. The Labute approximate surface area is 66.1 Å². The minimum absolute atomic E-state index is 0.611. The van der Waals surface area contributed by atoms with Crippen molar-refractivity contribution in [2.75, 3.05) is 6.67 Å². The van der Waals surface area contributed by atoms with Crippen molar-refractivity contribution in [2.24, 2.45) is 11.0 Å². The van der Waals surface area contributed by atoms with Crippen LogP contribution in [0.1, 0.15) is 20.3 Å². The lowest BCUT2D eigenvalue weighted by atomic mass is 10.1. The van der Waals surface area contributed by atoms with Crippen LogP contribution in [0.5, 0.6) is 0 Å². The van der Waals surface area contributed by atoms with Gasteiger partial charge < -0.3 is 0 Å². The van der Waals surface area contributed by atoms with E-state index in [1.807, 2.05) is 0 Å². The molecule has 0 saturated carbocycles. The minimum atomic E-state index is 0.611. The monoisotopic (exact) mass is 161 g/mol. The first-order chi connectivity index (χ1) is 4.70. The highest BCUT2D eigenvalue weighted by Gasteiger charge is 2.14. The molecule has 0 amide bonds. The third kappa shape index (κ3) is 1.77. The fraction of sp³-hybridized carbons (Fsp3) is 0.833. The SMILES string of the molecule is CC(C)CC1=NNCN1Cl. The Morgan fingerprint density at radius 3 is 2.90 bits per heavy atom. The van der Waals surface area contributed by atoms with Crippen LogP contribution in [0.3, 0.4) is 0 Å². The van der Waals surface area contributed by atoms with Gasteiger partial charge in [0.05, 0.1) is 0 Å². The maximum atomic E-state index is 5.76. The number of nitrogens with one attached hydrogen (secondary N) is 1. The molecule has 1 aliphatic rings. The molecule has 0 aromatic heterocycles. The average molecular weight is 162 g/mol. The molecule has 58 valence electrons. The van der Waals surface area contributed by atoms with Gasteiger partial charge in [0.25, 0.3) is 0 Å². The fourth-order valence-corrected chi connectivity index (χ4v) is 1.00. The summed E-state index contributed by atoms with van der Waals surface area (Å²) in [6.07, 6.45) is 0.941. The van der Waals surface area contributed by atoms with E-state index in [1.165, 1.54) is 0 Å². The van der Waals surface area contributed by atoms with Crippen molar-refractivity contribution in [3.05, 3.63) is 0 Å². The van der Waals surface area contributed by atoms with Crippen LogP contribution in [-0.2, 0) is 0 Å². The van der Waals surface area contributed by atoms with Crippen LogP contribution in [0.4, 0.5) is 0 Å². The summed E-state index contributed by atoms with van der Waals surface area (Å²) in [5, 5.41) is 4.02. The molecule has 0 fully saturated rings. The van der Waals surface area contributed by atoms with Gasteiger partial charge >= 0.3 is 0 Å². The lowest BCUT2D eigenvalue weighted by Gasteiger charge is -2.09. The van der Waals surface area contributed by atoms with Crippen LogP contribution < -0.4 is 5.43 Å². The summed E-state index contributed by atoms with van der Waals surface area (Å²) in [5.41, 5.74) is 2.81. The van der Waals surface area contributed by atoms with E-state index in [2.05, 4.69) is 24.4 Å². The Kier molecular flexibility index (Phi) is 2.38. The third-order valence-corrected chi connectivity index (χ3v) is 1.60. The van der Waals surface area contributed by atoms with Crippen LogP contribution in [-0.4, -0.2) is 16.9 Å². The van der Waals surface area contributed by atoms with Gasteiger partial charge in [-0.3, -0.25) is 5.43 Å². The van der Waals surface area contributed by atoms with Crippen molar-refractivity contribution >= 4 is 17.6 Å². The van der Waals surface area contributed by atoms with Crippen molar-refractivity contribution in [2.45, 2.75) is 20.3 Å². The van der Waals surface area contributed by atoms with Crippen molar-refractivity contribution in [1.29, 1.82) is 0 Å². The first kappa shape index (κ1) is 7.66. The highest BCUT2D eigenvalue weighted by Crippen LogP contribution is 2.09. The molecule has 0 aromatic carbocycles. The van der Waals surface area contributed by atoms with Crippen molar-refractivity contribution in [3.8, 4) is 0 Å². The van der Waals surface area contributed by atoms with Gasteiger partial charge in [0.15, 0.2) is 0 Å². The van der Waals surface area contributed by atoms with E-state index in [4.69, 9.17) is 11.8 Å². The number of nitrogens with zero attached hydrogens (tertiary/aromatic N) is 2. The van der Waals surface area contributed by atoms with Crippen LogP contribution in [0.15, 0.2) is 5.10 Å². The Hall–Kier alpha value is -0.440. The lowest BCUT2D eigenvalue weighted by molar-refractivity contribution is 0.599. The van der Waals surface area contributed by atoms with Gasteiger partial charge in [-0.15, -0.1) is 0 Å². The Morgan fingerprint density at radius 1 is 1.80 bits per heavy atom. The average Bonchev–Trinajstić information content (AvgIpc) is 2.15. The van der Waals surface area contributed by atoms with E-state index < -0.39 is 0 Å². The van der Waals surface area contributed by atoms with Crippen molar-refractivity contribution < 1.29 is 0 Å². The van der Waals surface area contributed by atoms with E-state index in [0.29, 0.717) is 12.6 Å². The zero-order chi connectivity index (χ0) is 7.56. The van der Waals surface area contributed by atoms with Gasteiger partial charge in [0, 0.05) is 18.2 Å². The highest BCUT2D eigenvalue weighted by atomic mass is 35.5. The number of hydrogen-bond donors (Lipinski definition) is 1. The van der Waals surface area contributed by atoms with Crippen molar-refractivity contribution in [3.63, 3.8) is 0 Å². The van der Waals surface area contributed by atoms with E-state index in [-0.39, 0.29) is 0 Å². The summed E-state index contributed by atoms with van der Waals surface area (Å²) in [6.45, 7) is 4.92. The standard InChI is InChI=1S/C6H12ClN3/c1-5(2)3-6-9-8-4-10(6)7/h5,8H,3-4H2,1-2H3. The molecular formula is C6H12ClN3. The predicted molar refractivity (Wildman–Crippen MR) is 42.6 cm³/mol. The molecule has 0 saturated heterocycles. The van der Waals surface area contributed by atoms with Crippen LogP contribution in [0.2, 0.25) is 0 Å². The molecule has 1 aliphatic heterocycles. The molecule has 1 N–H and O–H groups in total. The normalized spacial score (nSPS) is 17.6. The quantitative estimate of drug-likeness (QED) is 0.620. The van der Waals surface area contributed by atoms with Gasteiger partial charge in [-0.1, -0.05) is 13.8 Å². The molecule has 0 aliphatic carbocycles. The van der Waals surface area contributed by atoms with Gasteiger partial charge in [0.2, 0.25) is 0 Å². The summed E-state index contributed by atoms with van der Waals surface area (Å²) < 4.78 is 1.61. The molecule has 1 heterocycles. The van der Waals surface area contributed by atoms with Gasteiger partial charge in [-0.25, -0.2) is 4.42 Å². The summed E-state index contributed by atoms with van der Waals surface area (Å²) >= 11 is 5.76. The second-order valence-electron chi connectivity index (χ2n) is 2.80. The van der Waals surface area contributed by atoms with E-state index >= 15 is 0 Å². The minimum Gasteiger partial charge on any atom is -0.287 e. The van der Waals surface area contributed by atoms with E-state index in [9.17, 15) is 0 Å². The number of hydrogen-bond acceptors (Lipinski definition) is 3. The lowest BCUT2D eigenvalue weighted by Crippen LogP contribution is -2.20. The topological polar surface area (TPSA) is 27.6 Å². The van der Waals surface area contributed by atoms with Crippen molar-refractivity contribution in [1.82, 2.24) is 9.84 Å². The molecular weight excluding hydrogens is 150 g/mol. The summed E-state index contributed by atoms with van der Waals surface area (Å²) in [6, 6.07) is 0. The molecule has 0 unspecified atom stereocenters. The molecule has 0 radical (unpaired) electrons. The Balaban J connectivity index is 2.40. The zero-order valence-electron chi connectivity index (χ0n) is 6.26. The number of amidine groups is 1. The second kappa shape index (κ2) is 3.10. The Bertz CT molecular complexity index is 144. The van der Waals surface area contributed by atoms with E-state index in [0.717, 1.165) is 12.3 Å². The summed E-state index contributed by atoms with van der Waals surface area (Å²) in [7, 11) is 0. The number of halogens is 1. The maximum Gasteiger partial charge on any atom is 0.141 e. The summed E-state index contributed by atoms with van der Waals surface area (Å²) in [5.74, 6) is 1.55. The van der Waals surface area contributed by atoms with Crippen LogP contribution in [0.25, 0.3) is 0 Å². The largest absolute Gasteiger partial charge is 0.287 e. The molecule has 10 heavy (non-hydrogen) atoms. The van der Waals surface area contributed by atoms with Gasteiger partial charge in [-0.2, -0.15) is 5.10 Å². The second-order valence-corrected chi connectivity index (χ2v) is 3.21. The molecule has 0 spiro atoms. The number of hydrazone groups is 1. The van der Waals surface area contributed by atoms with Crippen LogP contribution >= 0.6 is 11.8 Å². The Morgan fingerprint density at radius 2 is 2.50 bits per heavy atom. The van der Waals surface area contributed by atoms with Gasteiger partial charge in [-0.05, 0) is 5.92 Å². The van der Waals surface area contributed by atoms with E-state index in [1.54, 1.807) is 4.42 Å². The highest BCUT2D eigenvalue weighted by molar-refractivity contribution is 6.22. The molecule has 4 heteroatoms. The molecule has 1 rings (SSSR count). The maximum absolute atomic E-state index is 5.76. The molecule has 0 atom stereocenters. The smallest absolute Gasteiger partial charge is 0.141 e. The third-order valence-electron chi connectivity index (χ3n) is 1.29. The first-order valence-electron chi connectivity index (χ1n) is 3.43.